The van der Waals surface area contributed by atoms with E-state index in [1.807, 2.05) is 0 Å². The molecule has 1 rings (SSSR count). The van der Waals surface area contributed by atoms with E-state index in [1.165, 1.54) is 11.4 Å². The molecule has 0 spiro atoms. The molecule has 1 aromatic rings. The molecule has 0 aliphatic carbocycles. The van der Waals surface area contributed by atoms with Crippen molar-refractivity contribution in [2.45, 2.75) is 40.5 Å². The van der Waals surface area contributed by atoms with Gasteiger partial charge >= 0.3 is 0 Å². The van der Waals surface area contributed by atoms with Crippen LogP contribution in [0.5, 0.6) is 0 Å². The summed E-state index contributed by atoms with van der Waals surface area (Å²) >= 11 is 0. The van der Waals surface area contributed by atoms with Gasteiger partial charge < -0.3 is 0 Å². The first-order valence-electron chi connectivity index (χ1n) is 4.96. The summed E-state index contributed by atoms with van der Waals surface area (Å²) in [5.74, 6) is 0. The van der Waals surface area contributed by atoms with Crippen molar-refractivity contribution in [3.63, 3.8) is 0 Å². The number of hydrogen-bond acceptors (Lipinski definition) is 1. The SMILES string of the molecule is CCc1cccc(CC(C)(C)C)n1. The van der Waals surface area contributed by atoms with E-state index in [1.54, 1.807) is 0 Å². The van der Waals surface area contributed by atoms with Gasteiger partial charge in [-0.25, -0.2) is 0 Å². The Morgan fingerprint density at radius 1 is 1.15 bits per heavy atom. The Kier molecular flexibility index (Phi) is 3.07. The van der Waals surface area contributed by atoms with Crippen LogP contribution in [-0.2, 0) is 12.8 Å². The molecule has 1 heteroatoms. The van der Waals surface area contributed by atoms with E-state index in [2.05, 4.69) is 50.9 Å². The first-order valence-corrected chi connectivity index (χ1v) is 4.96. The number of aromatic nitrogens is 1. The fraction of sp³-hybridized carbons (Fsp3) is 0.583. The van der Waals surface area contributed by atoms with Gasteiger partial charge in [0.05, 0.1) is 0 Å². The van der Waals surface area contributed by atoms with Crippen LogP contribution in [0, 0.1) is 5.41 Å². The summed E-state index contributed by atoms with van der Waals surface area (Å²) in [5.41, 5.74) is 2.74. The summed E-state index contributed by atoms with van der Waals surface area (Å²) in [6, 6.07) is 6.31. The van der Waals surface area contributed by atoms with Gasteiger partial charge in [0.25, 0.3) is 0 Å². The van der Waals surface area contributed by atoms with Crippen LogP contribution in [0.1, 0.15) is 39.1 Å². The quantitative estimate of drug-likeness (QED) is 0.676. The van der Waals surface area contributed by atoms with Crippen molar-refractivity contribution in [3.05, 3.63) is 29.6 Å². The van der Waals surface area contributed by atoms with Crippen molar-refractivity contribution in [1.82, 2.24) is 4.98 Å². The summed E-state index contributed by atoms with van der Waals surface area (Å²) in [5, 5.41) is 0. The topological polar surface area (TPSA) is 12.9 Å². The third-order valence-corrected chi connectivity index (χ3v) is 1.94. The van der Waals surface area contributed by atoms with Crippen LogP contribution < -0.4 is 0 Å². The summed E-state index contributed by atoms with van der Waals surface area (Å²) in [6.45, 7) is 8.87. The highest BCUT2D eigenvalue weighted by atomic mass is 14.7. The van der Waals surface area contributed by atoms with Crippen molar-refractivity contribution in [2.24, 2.45) is 5.41 Å². The van der Waals surface area contributed by atoms with Gasteiger partial charge in [-0.2, -0.15) is 0 Å². The van der Waals surface area contributed by atoms with Crippen LogP contribution in [0.3, 0.4) is 0 Å². The summed E-state index contributed by atoms with van der Waals surface area (Å²) in [4.78, 5) is 4.58. The normalized spacial score (nSPS) is 11.7. The lowest BCUT2D eigenvalue weighted by atomic mass is 9.90. The lowest BCUT2D eigenvalue weighted by Gasteiger charge is -2.17. The lowest BCUT2D eigenvalue weighted by Crippen LogP contribution is -2.10. The molecule has 13 heavy (non-hydrogen) atoms. The van der Waals surface area contributed by atoms with E-state index in [0.29, 0.717) is 5.41 Å². The predicted molar refractivity (Wildman–Crippen MR) is 56.8 cm³/mol. The minimum atomic E-state index is 0.333. The molecule has 1 aromatic heterocycles. The van der Waals surface area contributed by atoms with Gasteiger partial charge in [-0.1, -0.05) is 33.8 Å². The number of hydrogen-bond donors (Lipinski definition) is 0. The van der Waals surface area contributed by atoms with Crippen molar-refractivity contribution in [3.8, 4) is 0 Å². The predicted octanol–water partition coefficient (Wildman–Crippen LogP) is 3.23. The standard InChI is InChI=1S/C12H19N/c1-5-10-7-6-8-11(13-10)9-12(2,3)4/h6-8H,5,9H2,1-4H3. The smallest absolute Gasteiger partial charge is 0.0412 e. The lowest BCUT2D eigenvalue weighted by molar-refractivity contribution is 0.406. The molecule has 1 nitrogen and oxygen atoms in total. The van der Waals surface area contributed by atoms with Crippen LogP contribution in [0.4, 0.5) is 0 Å². The highest BCUT2D eigenvalue weighted by molar-refractivity contribution is 5.12. The summed E-state index contributed by atoms with van der Waals surface area (Å²) < 4.78 is 0. The van der Waals surface area contributed by atoms with E-state index in [-0.39, 0.29) is 0 Å². The summed E-state index contributed by atoms with van der Waals surface area (Å²) in [7, 11) is 0. The molecular formula is C12H19N. The van der Waals surface area contributed by atoms with Crippen molar-refractivity contribution < 1.29 is 0 Å². The zero-order valence-corrected chi connectivity index (χ0v) is 9.09. The average molecular weight is 177 g/mol. The Bertz CT molecular complexity index is 271. The fourth-order valence-electron chi connectivity index (χ4n) is 1.37. The third kappa shape index (κ3) is 3.58. The number of aryl methyl sites for hydroxylation is 1. The highest BCUT2D eigenvalue weighted by Crippen LogP contribution is 2.19. The van der Waals surface area contributed by atoms with Crippen LogP contribution in [0.15, 0.2) is 18.2 Å². The molecule has 0 saturated carbocycles. The van der Waals surface area contributed by atoms with Crippen LogP contribution in [0.2, 0.25) is 0 Å². The van der Waals surface area contributed by atoms with Crippen molar-refractivity contribution >= 4 is 0 Å². The van der Waals surface area contributed by atoms with E-state index in [0.717, 1.165) is 12.8 Å². The van der Waals surface area contributed by atoms with Crippen LogP contribution >= 0.6 is 0 Å². The number of nitrogens with zero attached hydrogens (tertiary/aromatic N) is 1. The van der Waals surface area contributed by atoms with E-state index in [4.69, 9.17) is 0 Å². The van der Waals surface area contributed by atoms with Gasteiger partial charge in [0.2, 0.25) is 0 Å². The fourth-order valence-corrected chi connectivity index (χ4v) is 1.37. The Morgan fingerprint density at radius 3 is 2.31 bits per heavy atom. The second kappa shape index (κ2) is 3.91. The Hall–Kier alpha value is -0.850. The van der Waals surface area contributed by atoms with E-state index in [9.17, 15) is 0 Å². The number of pyridine rings is 1. The van der Waals surface area contributed by atoms with Gasteiger partial charge in [-0.3, -0.25) is 4.98 Å². The second-order valence-corrected chi connectivity index (χ2v) is 4.71. The zero-order chi connectivity index (χ0) is 9.90. The monoisotopic (exact) mass is 177 g/mol. The van der Waals surface area contributed by atoms with Gasteiger partial charge in [0.15, 0.2) is 0 Å². The van der Waals surface area contributed by atoms with Gasteiger partial charge in [-0.05, 0) is 30.4 Å². The maximum Gasteiger partial charge on any atom is 0.0412 e. The minimum Gasteiger partial charge on any atom is -0.258 e. The largest absolute Gasteiger partial charge is 0.258 e. The third-order valence-electron chi connectivity index (χ3n) is 1.94. The maximum absolute atomic E-state index is 4.58. The molecule has 0 radical (unpaired) electrons. The molecule has 72 valence electrons. The van der Waals surface area contributed by atoms with Gasteiger partial charge in [0, 0.05) is 11.4 Å². The Balaban J connectivity index is 2.78. The molecule has 0 N–H and O–H groups in total. The molecular weight excluding hydrogens is 158 g/mol. The molecule has 0 saturated heterocycles. The second-order valence-electron chi connectivity index (χ2n) is 4.71. The Labute approximate surface area is 81.2 Å². The van der Waals surface area contributed by atoms with Crippen molar-refractivity contribution in [2.75, 3.05) is 0 Å². The summed E-state index contributed by atoms with van der Waals surface area (Å²) in [6.07, 6.45) is 2.08. The molecule has 0 bridgehead atoms. The zero-order valence-electron chi connectivity index (χ0n) is 9.09. The first kappa shape index (κ1) is 10.2. The Morgan fingerprint density at radius 2 is 1.77 bits per heavy atom. The molecule has 0 amide bonds. The first-order chi connectivity index (χ1) is 6.01. The maximum atomic E-state index is 4.58. The average Bonchev–Trinajstić information content (AvgIpc) is 2.01. The van der Waals surface area contributed by atoms with Crippen molar-refractivity contribution in [1.29, 1.82) is 0 Å². The minimum absolute atomic E-state index is 0.333. The van der Waals surface area contributed by atoms with E-state index < -0.39 is 0 Å². The van der Waals surface area contributed by atoms with E-state index >= 15 is 0 Å². The molecule has 0 aliphatic rings. The molecule has 0 fully saturated rings. The van der Waals surface area contributed by atoms with Gasteiger partial charge in [0.1, 0.15) is 0 Å². The number of rotatable bonds is 2. The molecule has 0 atom stereocenters. The molecule has 0 aliphatic heterocycles. The molecule has 0 aromatic carbocycles. The van der Waals surface area contributed by atoms with Crippen LogP contribution in [-0.4, -0.2) is 4.98 Å². The van der Waals surface area contributed by atoms with Gasteiger partial charge in [-0.15, -0.1) is 0 Å². The van der Waals surface area contributed by atoms with Crippen LogP contribution in [0.25, 0.3) is 0 Å². The highest BCUT2D eigenvalue weighted by Gasteiger charge is 2.11. The molecule has 0 unspecified atom stereocenters. The molecule has 1 heterocycles.